The van der Waals surface area contributed by atoms with E-state index in [1.807, 2.05) is 26.1 Å². The van der Waals surface area contributed by atoms with Crippen LogP contribution < -0.4 is 21.7 Å². The molecule has 2 bridgehead atoms. The Morgan fingerprint density at radius 3 is 2.77 bits per heavy atom. The van der Waals surface area contributed by atoms with Crippen LogP contribution in [-0.4, -0.2) is 30.2 Å². The number of anilines is 1. The minimum atomic E-state index is -0.391. The Balaban J connectivity index is 1.60. The summed E-state index contributed by atoms with van der Waals surface area (Å²) >= 11 is 7.27. The molecule has 10 nitrogen and oxygen atoms in total. The maximum absolute atomic E-state index is 13.6. The molecule has 0 radical (unpaired) electrons. The van der Waals surface area contributed by atoms with Crippen LogP contribution in [-0.2, 0) is 11.8 Å². The lowest BCUT2D eigenvalue weighted by Gasteiger charge is -2.22. The summed E-state index contributed by atoms with van der Waals surface area (Å²) in [5.41, 5.74) is 11.1. The van der Waals surface area contributed by atoms with E-state index >= 15 is 0 Å². The molecule has 4 aromatic rings. The second-order valence-corrected chi connectivity index (χ2v) is 10.7. The normalized spacial score (nSPS) is 17.9. The molecule has 4 heterocycles. The standard InChI is InChI=1S/C28H29ClN8O2S/c1-16-4-3-5-25(23-10-17(8-9-32-23)27-24(35-28(16)39)13-34-36(27)2)37-15-33-22(12-26(37)38)20-11-18(29)6-7-19(20)21(30)14-40-31/h6-16,25H,3-5,30-31H2,1-2H3,(H,35,39)/b21-14-. The summed E-state index contributed by atoms with van der Waals surface area (Å²) in [6.45, 7) is 1.90. The molecule has 2 unspecified atom stereocenters. The molecule has 12 heteroatoms. The average molecular weight is 577 g/mol. The summed E-state index contributed by atoms with van der Waals surface area (Å²) in [5.74, 6) is -0.286. The van der Waals surface area contributed by atoms with Crippen LogP contribution in [0.5, 0.6) is 0 Å². The summed E-state index contributed by atoms with van der Waals surface area (Å²) in [6.07, 6.45) is 6.84. The van der Waals surface area contributed by atoms with Crippen LogP contribution in [0.25, 0.3) is 28.2 Å². The molecule has 5 rings (SSSR count). The Hall–Kier alpha value is -3.93. The molecular formula is C28H29ClN8O2S. The molecule has 0 saturated heterocycles. The van der Waals surface area contributed by atoms with Crippen LogP contribution >= 0.6 is 23.5 Å². The van der Waals surface area contributed by atoms with Gasteiger partial charge in [-0.15, -0.1) is 0 Å². The van der Waals surface area contributed by atoms with Gasteiger partial charge >= 0.3 is 0 Å². The van der Waals surface area contributed by atoms with Crippen molar-refractivity contribution in [2.75, 3.05) is 5.32 Å². The molecule has 206 valence electrons. The molecule has 1 aromatic carbocycles. The number of aromatic nitrogens is 5. The monoisotopic (exact) mass is 576 g/mol. The first-order valence-corrected chi connectivity index (χ1v) is 14.1. The number of benzene rings is 1. The van der Waals surface area contributed by atoms with Crippen LogP contribution in [0.2, 0.25) is 5.02 Å². The summed E-state index contributed by atoms with van der Waals surface area (Å²) in [7, 11) is 1.82. The molecule has 40 heavy (non-hydrogen) atoms. The zero-order valence-corrected chi connectivity index (χ0v) is 23.6. The third-order valence-electron chi connectivity index (χ3n) is 7.09. The van der Waals surface area contributed by atoms with E-state index in [1.54, 1.807) is 45.2 Å². The van der Waals surface area contributed by atoms with E-state index in [2.05, 4.69) is 20.4 Å². The minimum Gasteiger partial charge on any atom is -0.398 e. The molecule has 0 aliphatic carbocycles. The number of hydrogen-bond acceptors (Lipinski definition) is 8. The van der Waals surface area contributed by atoms with Gasteiger partial charge in [-0.05, 0) is 37.1 Å². The van der Waals surface area contributed by atoms with Gasteiger partial charge in [-0.1, -0.05) is 43.0 Å². The van der Waals surface area contributed by atoms with Crippen molar-refractivity contribution in [3.63, 3.8) is 0 Å². The number of hydrogen-bond donors (Lipinski definition) is 3. The molecule has 5 N–H and O–H groups in total. The number of nitrogens with one attached hydrogen (secondary N) is 1. The Labute approximate surface area is 240 Å². The van der Waals surface area contributed by atoms with Crippen LogP contribution in [0.1, 0.15) is 43.5 Å². The van der Waals surface area contributed by atoms with E-state index in [9.17, 15) is 9.59 Å². The van der Waals surface area contributed by atoms with E-state index in [1.165, 1.54) is 12.4 Å². The predicted octanol–water partition coefficient (Wildman–Crippen LogP) is 4.57. The number of nitrogens with zero attached hydrogens (tertiary/aromatic N) is 5. The third kappa shape index (κ3) is 5.53. The molecule has 0 saturated carbocycles. The van der Waals surface area contributed by atoms with Gasteiger partial charge in [0.25, 0.3) is 5.56 Å². The van der Waals surface area contributed by atoms with Crippen molar-refractivity contribution >= 4 is 40.8 Å². The van der Waals surface area contributed by atoms with Gasteiger partial charge in [0, 0.05) is 58.0 Å². The van der Waals surface area contributed by atoms with Gasteiger partial charge in [0.15, 0.2) is 0 Å². The number of halogens is 1. The maximum Gasteiger partial charge on any atom is 0.254 e. The van der Waals surface area contributed by atoms with Gasteiger partial charge in [-0.2, -0.15) is 5.10 Å². The highest BCUT2D eigenvalue weighted by atomic mass is 35.5. The van der Waals surface area contributed by atoms with Crippen molar-refractivity contribution in [2.24, 2.45) is 23.8 Å². The minimum absolute atomic E-state index is 0.0671. The molecule has 0 spiro atoms. The summed E-state index contributed by atoms with van der Waals surface area (Å²) < 4.78 is 3.31. The summed E-state index contributed by atoms with van der Waals surface area (Å²) in [4.78, 5) is 35.8. The lowest BCUT2D eigenvalue weighted by molar-refractivity contribution is -0.119. The maximum atomic E-state index is 13.6. The molecule has 0 fully saturated rings. The van der Waals surface area contributed by atoms with E-state index in [-0.39, 0.29) is 17.4 Å². The van der Waals surface area contributed by atoms with Gasteiger partial charge < -0.3 is 11.1 Å². The Kier molecular flexibility index (Phi) is 8.06. The second kappa shape index (κ2) is 11.7. The van der Waals surface area contributed by atoms with Gasteiger partial charge in [-0.25, -0.2) is 4.98 Å². The molecular weight excluding hydrogens is 548 g/mol. The highest BCUT2D eigenvalue weighted by Gasteiger charge is 2.24. The van der Waals surface area contributed by atoms with Gasteiger partial charge in [0.2, 0.25) is 5.91 Å². The third-order valence-corrected chi connectivity index (χ3v) is 7.72. The van der Waals surface area contributed by atoms with Crippen molar-refractivity contribution in [3.8, 4) is 22.5 Å². The fourth-order valence-electron chi connectivity index (χ4n) is 4.99. The molecule has 2 atom stereocenters. The van der Waals surface area contributed by atoms with Gasteiger partial charge in [-0.3, -0.25) is 29.0 Å². The number of carbonyl (C=O) groups excluding carboxylic acids is 1. The van der Waals surface area contributed by atoms with Crippen molar-refractivity contribution in [2.45, 2.75) is 32.2 Å². The Bertz CT molecular complexity index is 1660. The first-order valence-electron chi connectivity index (χ1n) is 12.8. The van der Waals surface area contributed by atoms with Gasteiger partial charge in [0.05, 0.1) is 41.3 Å². The van der Waals surface area contributed by atoms with Crippen LogP contribution in [0, 0.1) is 5.92 Å². The number of carbonyl (C=O) groups is 1. The number of pyridine rings is 1. The van der Waals surface area contributed by atoms with Crippen LogP contribution in [0.15, 0.2) is 65.3 Å². The first-order chi connectivity index (χ1) is 19.3. The zero-order chi connectivity index (χ0) is 28.4. The van der Waals surface area contributed by atoms with E-state index in [0.29, 0.717) is 52.5 Å². The SMILES string of the molecule is CC1CCCC(n2cnc(-c3cc(Cl)ccc3/C(N)=C/SN)cc2=O)c2cc(ccn2)-c2c(cnn2C)NC1=O. The lowest BCUT2D eigenvalue weighted by Crippen LogP contribution is -2.27. The highest BCUT2D eigenvalue weighted by Crippen LogP contribution is 2.33. The largest absolute Gasteiger partial charge is 0.398 e. The molecule has 1 aliphatic rings. The molecule has 1 amide bonds. The van der Waals surface area contributed by atoms with Gasteiger partial charge in [0.1, 0.15) is 0 Å². The average Bonchev–Trinajstić information content (AvgIpc) is 3.30. The van der Waals surface area contributed by atoms with Crippen molar-refractivity contribution < 1.29 is 4.79 Å². The van der Waals surface area contributed by atoms with Crippen molar-refractivity contribution in [1.82, 2.24) is 24.3 Å². The Morgan fingerprint density at radius 1 is 1.18 bits per heavy atom. The fourth-order valence-corrected chi connectivity index (χ4v) is 5.44. The predicted molar refractivity (Wildman–Crippen MR) is 159 cm³/mol. The first kappa shape index (κ1) is 27.6. The number of amides is 1. The molecule has 3 aromatic heterocycles. The quantitative estimate of drug-likeness (QED) is 0.299. The van der Waals surface area contributed by atoms with E-state index in [4.69, 9.17) is 22.5 Å². The topological polar surface area (TPSA) is 147 Å². The van der Waals surface area contributed by atoms with E-state index < -0.39 is 6.04 Å². The van der Waals surface area contributed by atoms with E-state index in [0.717, 1.165) is 28.9 Å². The number of aryl methyl sites for hydroxylation is 1. The van der Waals surface area contributed by atoms with Crippen LogP contribution in [0.4, 0.5) is 5.69 Å². The summed E-state index contributed by atoms with van der Waals surface area (Å²) in [5, 5.41) is 15.1. The molecule has 1 aliphatic heterocycles. The van der Waals surface area contributed by atoms with Crippen LogP contribution in [0.3, 0.4) is 0 Å². The number of rotatable bonds is 4. The second-order valence-electron chi connectivity index (χ2n) is 9.76. The Morgan fingerprint density at radius 2 is 2.00 bits per heavy atom. The van der Waals surface area contributed by atoms with Crippen molar-refractivity contribution in [1.29, 1.82) is 0 Å². The fraction of sp³-hybridized carbons (Fsp3) is 0.250. The highest BCUT2D eigenvalue weighted by molar-refractivity contribution is 8.00. The smallest absolute Gasteiger partial charge is 0.254 e. The lowest BCUT2D eigenvalue weighted by atomic mass is 9.97. The number of fused-ring (bicyclic) bond motifs is 4. The number of nitrogens with two attached hydrogens (primary N) is 2. The summed E-state index contributed by atoms with van der Waals surface area (Å²) in [6, 6.07) is 10.1. The zero-order valence-electron chi connectivity index (χ0n) is 22.0. The van der Waals surface area contributed by atoms with Crippen molar-refractivity contribution in [3.05, 3.63) is 87.2 Å².